The second-order valence-corrected chi connectivity index (χ2v) is 7.61. The molecule has 0 radical (unpaired) electrons. The summed E-state index contributed by atoms with van der Waals surface area (Å²) in [5.41, 5.74) is 2.96. The number of carbonyl (C=O) groups is 1. The third-order valence-electron chi connectivity index (χ3n) is 4.48. The van der Waals surface area contributed by atoms with E-state index in [4.69, 9.17) is 16.3 Å². The molecule has 0 aliphatic heterocycles. The normalized spacial score (nSPS) is 11.1. The molecule has 0 bridgehead atoms. The molecule has 0 saturated carbocycles. The van der Waals surface area contributed by atoms with E-state index < -0.39 is 0 Å². The number of hydrogen-bond acceptors (Lipinski definition) is 5. The number of carbonyl (C=O) groups excluding carboxylic acids is 1. The second-order valence-electron chi connectivity index (χ2n) is 6.29. The van der Waals surface area contributed by atoms with Crippen molar-refractivity contribution in [3.8, 4) is 11.4 Å². The molecule has 28 heavy (non-hydrogen) atoms. The summed E-state index contributed by atoms with van der Waals surface area (Å²) in [6.45, 7) is 4.38. The van der Waals surface area contributed by atoms with Gasteiger partial charge in [0, 0.05) is 33.1 Å². The molecule has 5 nitrogen and oxygen atoms in total. The molecule has 3 heterocycles. The lowest BCUT2D eigenvalue weighted by molar-refractivity contribution is 0.0513. The molecular weight excluding hydrogens is 394 g/mol. The highest BCUT2D eigenvalue weighted by Gasteiger charge is 2.24. The van der Waals surface area contributed by atoms with Crippen LogP contribution in [0, 0.1) is 6.92 Å². The summed E-state index contributed by atoms with van der Waals surface area (Å²) in [4.78, 5) is 21.5. The van der Waals surface area contributed by atoms with Crippen LogP contribution in [0.15, 0.2) is 48.1 Å². The Morgan fingerprint density at radius 3 is 2.89 bits per heavy atom. The molecule has 0 spiro atoms. The first kappa shape index (κ1) is 18.7. The first-order valence-corrected chi connectivity index (χ1v) is 10.1. The third-order valence-corrected chi connectivity index (χ3v) is 5.79. The molecule has 4 aromatic rings. The standard InChI is InChI=1S/C21H18ClN3O2S/c1-3-27-21(26)19-13(2)24-20(14-6-5-9-23-10-14)25(19)11-15-12-28-17-8-4-7-16(22)18(15)17/h4-10,12H,3,11H2,1-2H3. The fourth-order valence-electron chi connectivity index (χ4n) is 3.29. The molecule has 0 aliphatic carbocycles. The molecule has 142 valence electrons. The molecule has 0 aliphatic rings. The van der Waals surface area contributed by atoms with E-state index in [0.29, 0.717) is 35.4 Å². The third kappa shape index (κ3) is 3.30. The Morgan fingerprint density at radius 2 is 2.14 bits per heavy atom. The van der Waals surface area contributed by atoms with Crippen LogP contribution in [0.1, 0.15) is 28.7 Å². The molecule has 7 heteroatoms. The van der Waals surface area contributed by atoms with Gasteiger partial charge in [-0.2, -0.15) is 0 Å². The number of imidazole rings is 1. The highest BCUT2D eigenvalue weighted by molar-refractivity contribution is 7.17. The minimum absolute atomic E-state index is 0.304. The SMILES string of the molecule is CCOC(=O)c1c(C)nc(-c2cccnc2)n1Cc1csc2cccc(Cl)c12. The van der Waals surface area contributed by atoms with E-state index in [9.17, 15) is 4.79 Å². The van der Waals surface area contributed by atoms with Crippen LogP contribution in [0.25, 0.3) is 21.5 Å². The van der Waals surface area contributed by atoms with Gasteiger partial charge in [0.15, 0.2) is 5.69 Å². The van der Waals surface area contributed by atoms with Gasteiger partial charge >= 0.3 is 5.97 Å². The summed E-state index contributed by atoms with van der Waals surface area (Å²) in [7, 11) is 0. The largest absolute Gasteiger partial charge is 0.461 e. The van der Waals surface area contributed by atoms with Crippen LogP contribution in [0.3, 0.4) is 0 Å². The van der Waals surface area contributed by atoms with Crippen LogP contribution in [-0.2, 0) is 11.3 Å². The van der Waals surface area contributed by atoms with Gasteiger partial charge in [-0.3, -0.25) is 4.98 Å². The van der Waals surface area contributed by atoms with Gasteiger partial charge in [-0.25, -0.2) is 9.78 Å². The Bertz CT molecular complexity index is 1150. The van der Waals surface area contributed by atoms with Gasteiger partial charge in [0.1, 0.15) is 5.82 Å². The number of pyridine rings is 1. The maximum Gasteiger partial charge on any atom is 0.356 e. The number of thiophene rings is 1. The summed E-state index contributed by atoms with van der Waals surface area (Å²) in [6, 6.07) is 9.65. The predicted octanol–water partition coefficient (Wildman–Crippen LogP) is 5.35. The maximum atomic E-state index is 12.7. The zero-order valence-corrected chi connectivity index (χ0v) is 17.0. The number of esters is 1. The Balaban J connectivity index is 1.89. The summed E-state index contributed by atoms with van der Waals surface area (Å²) in [5.74, 6) is 0.299. The fourth-order valence-corrected chi connectivity index (χ4v) is 4.62. The van der Waals surface area contributed by atoms with Crippen LogP contribution < -0.4 is 0 Å². The number of benzene rings is 1. The topological polar surface area (TPSA) is 57.0 Å². The first-order valence-electron chi connectivity index (χ1n) is 8.89. The lowest BCUT2D eigenvalue weighted by Crippen LogP contribution is -2.15. The van der Waals surface area contributed by atoms with E-state index in [1.54, 1.807) is 30.7 Å². The van der Waals surface area contributed by atoms with Gasteiger partial charge in [0.25, 0.3) is 0 Å². The van der Waals surface area contributed by atoms with Crippen molar-refractivity contribution in [3.05, 3.63) is 70.1 Å². The van der Waals surface area contributed by atoms with Gasteiger partial charge in [-0.15, -0.1) is 11.3 Å². The summed E-state index contributed by atoms with van der Waals surface area (Å²) in [6.07, 6.45) is 3.45. The average molecular weight is 412 g/mol. The van der Waals surface area contributed by atoms with E-state index in [-0.39, 0.29) is 5.97 Å². The van der Waals surface area contributed by atoms with Gasteiger partial charge in [-0.1, -0.05) is 17.7 Å². The minimum Gasteiger partial charge on any atom is -0.461 e. The minimum atomic E-state index is -0.381. The number of rotatable bonds is 5. The van der Waals surface area contributed by atoms with E-state index in [1.165, 1.54) is 0 Å². The van der Waals surface area contributed by atoms with Crippen molar-refractivity contribution in [1.29, 1.82) is 0 Å². The van der Waals surface area contributed by atoms with E-state index >= 15 is 0 Å². The molecule has 0 fully saturated rings. The summed E-state index contributed by atoms with van der Waals surface area (Å²) < 4.78 is 8.30. The van der Waals surface area contributed by atoms with E-state index in [0.717, 1.165) is 21.2 Å². The van der Waals surface area contributed by atoms with Crippen molar-refractivity contribution in [2.45, 2.75) is 20.4 Å². The monoisotopic (exact) mass is 411 g/mol. The Hall–Kier alpha value is -2.70. The highest BCUT2D eigenvalue weighted by Crippen LogP contribution is 2.34. The number of fused-ring (bicyclic) bond motifs is 1. The maximum absolute atomic E-state index is 12.7. The van der Waals surface area contributed by atoms with E-state index in [2.05, 4.69) is 15.3 Å². The average Bonchev–Trinajstić information content (AvgIpc) is 3.25. The summed E-state index contributed by atoms with van der Waals surface area (Å²) in [5, 5.41) is 3.78. The number of aromatic nitrogens is 3. The van der Waals surface area contributed by atoms with Crippen molar-refractivity contribution in [2.24, 2.45) is 0 Å². The lowest BCUT2D eigenvalue weighted by Gasteiger charge is -2.12. The number of hydrogen-bond donors (Lipinski definition) is 0. The number of nitrogens with zero attached hydrogens (tertiary/aromatic N) is 3. The van der Waals surface area contributed by atoms with Crippen molar-refractivity contribution in [2.75, 3.05) is 6.61 Å². The molecule has 3 aromatic heterocycles. The van der Waals surface area contributed by atoms with Gasteiger partial charge in [0.2, 0.25) is 0 Å². The molecule has 0 unspecified atom stereocenters. The molecule has 1 aromatic carbocycles. The Kier molecular flexibility index (Phi) is 5.15. The molecule has 4 rings (SSSR count). The molecular formula is C21H18ClN3O2S. The zero-order chi connectivity index (χ0) is 19.7. The Labute approximate surface area is 171 Å². The lowest BCUT2D eigenvalue weighted by atomic mass is 10.1. The smallest absolute Gasteiger partial charge is 0.356 e. The van der Waals surface area contributed by atoms with Crippen molar-refractivity contribution in [3.63, 3.8) is 0 Å². The zero-order valence-electron chi connectivity index (χ0n) is 15.5. The molecule has 0 saturated heterocycles. The number of aryl methyl sites for hydroxylation is 1. The van der Waals surface area contributed by atoms with Crippen LogP contribution in [0.4, 0.5) is 0 Å². The Morgan fingerprint density at radius 1 is 1.29 bits per heavy atom. The van der Waals surface area contributed by atoms with Gasteiger partial charge in [0.05, 0.1) is 18.8 Å². The van der Waals surface area contributed by atoms with Crippen LogP contribution in [-0.4, -0.2) is 27.1 Å². The van der Waals surface area contributed by atoms with Crippen LogP contribution in [0.5, 0.6) is 0 Å². The van der Waals surface area contributed by atoms with Gasteiger partial charge < -0.3 is 9.30 Å². The predicted molar refractivity (Wildman–Crippen MR) is 112 cm³/mol. The molecule has 0 atom stereocenters. The number of ether oxygens (including phenoxy) is 1. The fraction of sp³-hybridized carbons (Fsp3) is 0.190. The van der Waals surface area contributed by atoms with E-state index in [1.807, 2.05) is 41.8 Å². The number of halogens is 1. The van der Waals surface area contributed by atoms with Crippen molar-refractivity contribution < 1.29 is 9.53 Å². The first-order chi connectivity index (χ1) is 13.6. The summed E-state index contributed by atoms with van der Waals surface area (Å²) >= 11 is 8.10. The van der Waals surface area contributed by atoms with Crippen molar-refractivity contribution >= 4 is 39.0 Å². The highest BCUT2D eigenvalue weighted by atomic mass is 35.5. The second kappa shape index (κ2) is 7.73. The van der Waals surface area contributed by atoms with Crippen molar-refractivity contribution in [1.82, 2.24) is 14.5 Å². The van der Waals surface area contributed by atoms with Crippen LogP contribution in [0.2, 0.25) is 5.02 Å². The van der Waals surface area contributed by atoms with Crippen LogP contribution >= 0.6 is 22.9 Å². The van der Waals surface area contributed by atoms with Gasteiger partial charge in [-0.05, 0) is 49.1 Å². The molecule has 0 N–H and O–H groups in total. The molecule has 0 amide bonds. The quantitative estimate of drug-likeness (QED) is 0.415.